The number of aromatic amines is 1. The Kier molecular flexibility index (Phi) is 5.48. The van der Waals surface area contributed by atoms with Crippen LogP contribution in [0.25, 0.3) is 22.8 Å². The molecule has 0 amide bonds. The first-order chi connectivity index (χ1) is 14.5. The molecule has 30 heavy (non-hydrogen) atoms. The van der Waals surface area contributed by atoms with Crippen molar-refractivity contribution in [3.63, 3.8) is 0 Å². The van der Waals surface area contributed by atoms with E-state index in [0.717, 1.165) is 57.8 Å². The SMILES string of the molecule is C=C1/C=C/c2c(CC)nn(C)c2O[C@H](C)CCOc2[nH]ncc2-c2ccc(C)c1c2. The zero-order chi connectivity index (χ0) is 21.3. The number of hydrogen-bond acceptors (Lipinski definition) is 4. The van der Waals surface area contributed by atoms with Gasteiger partial charge in [0.1, 0.15) is 6.10 Å². The second-order valence-corrected chi connectivity index (χ2v) is 7.71. The standard InChI is InChI=1S/C24H28N4O2/c1-6-22-19-10-8-16(3)20-13-18(9-7-15(20)2)21-14-25-26-23(21)29-12-11-17(4)30-24(19)28(5)27-22/h7-10,13-14,17H,3,6,11-12H2,1-2,4-5H3,(H,25,26)/b10-8+/t17-/m1/s1. The van der Waals surface area contributed by atoms with Gasteiger partial charge in [-0.25, -0.2) is 9.78 Å². The van der Waals surface area contributed by atoms with Gasteiger partial charge in [-0.1, -0.05) is 31.7 Å². The summed E-state index contributed by atoms with van der Waals surface area (Å²) in [5, 5.41) is 11.8. The lowest BCUT2D eigenvalue weighted by molar-refractivity contribution is 0.163. The fourth-order valence-electron chi connectivity index (χ4n) is 3.72. The number of hydrogen-bond donors (Lipinski definition) is 1. The van der Waals surface area contributed by atoms with E-state index in [2.05, 4.69) is 60.0 Å². The third-order valence-corrected chi connectivity index (χ3v) is 5.47. The topological polar surface area (TPSA) is 65.0 Å². The molecule has 2 bridgehead atoms. The Balaban J connectivity index is 1.82. The number of aromatic nitrogens is 4. The number of H-pyrrole nitrogens is 1. The van der Waals surface area contributed by atoms with E-state index >= 15 is 0 Å². The molecule has 0 saturated heterocycles. The van der Waals surface area contributed by atoms with Crippen molar-refractivity contribution in [2.24, 2.45) is 7.05 Å². The molecular formula is C24H28N4O2. The number of aryl methyl sites for hydroxylation is 3. The van der Waals surface area contributed by atoms with Gasteiger partial charge in [-0.15, -0.1) is 0 Å². The van der Waals surface area contributed by atoms with Crippen molar-refractivity contribution in [2.45, 2.75) is 39.7 Å². The van der Waals surface area contributed by atoms with Gasteiger partial charge in [0.15, 0.2) is 0 Å². The van der Waals surface area contributed by atoms with Crippen LogP contribution in [0.1, 0.15) is 42.7 Å². The molecule has 0 aliphatic carbocycles. The van der Waals surface area contributed by atoms with E-state index in [9.17, 15) is 0 Å². The highest BCUT2D eigenvalue weighted by atomic mass is 16.5. The van der Waals surface area contributed by atoms with Gasteiger partial charge in [0.05, 0.1) is 29.6 Å². The Hall–Kier alpha value is -3.28. The van der Waals surface area contributed by atoms with Crippen LogP contribution in [0.15, 0.2) is 37.1 Å². The van der Waals surface area contributed by atoms with Gasteiger partial charge in [0.25, 0.3) is 0 Å². The van der Waals surface area contributed by atoms with E-state index in [4.69, 9.17) is 9.47 Å². The summed E-state index contributed by atoms with van der Waals surface area (Å²) in [6, 6.07) is 6.34. The maximum atomic E-state index is 6.27. The summed E-state index contributed by atoms with van der Waals surface area (Å²) in [6.45, 7) is 11.1. The Morgan fingerprint density at radius 2 is 2.10 bits per heavy atom. The van der Waals surface area contributed by atoms with Gasteiger partial charge in [-0.3, -0.25) is 0 Å². The van der Waals surface area contributed by atoms with Gasteiger partial charge in [0, 0.05) is 13.5 Å². The van der Waals surface area contributed by atoms with Crippen molar-refractivity contribution in [1.82, 2.24) is 20.0 Å². The number of benzene rings is 1. The van der Waals surface area contributed by atoms with Crippen molar-refractivity contribution < 1.29 is 9.47 Å². The first-order valence-corrected chi connectivity index (χ1v) is 10.3. The van der Waals surface area contributed by atoms with Crippen LogP contribution in [0.5, 0.6) is 11.8 Å². The van der Waals surface area contributed by atoms with Crippen molar-refractivity contribution >= 4 is 11.6 Å². The number of allylic oxidation sites excluding steroid dienone is 2. The minimum Gasteiger partial charge on any atom is -0.477 e. The summed E-state index contributed by atoms with van der Waals surface area (Å²) in [4.78, 5) is 0. The lowest BCUT2D eigenvalue weighted by atomic mass is 9.96. The molecule has 0 unspecified atom stereocenters. The van der Waals surface area contributed by atoms with Gasteiger partial charge in [-0.2, -0.15) is 10.2 Å². The molecule has 1 atom stereocenters. The monoisotopic (exact) mass is 404 g/mol. The van der Waals surface area contributed by atoms with Crippen LogP contribution in [-0.2, 0) is 13.5 Å². The molecule has 1 aromatic carbocycles. The van der Waals surface area contributed by atoms with Crippen LogP contribution in [0, 0.1) is 6.92 Å². The predicted molar refractivity (Wildman–Crippen MR) is 120 cm³/mol. The summed E-state index contributed by atoms with van der Waals surface area (Å²) >= 11 is 0. The number of nitrogens with one attached hydrogen (secondary N) is 1. The van der Waals surface area contributed by atoms with Gasteiger partial charge in [-0.05, 0) is 54.7 Å². The average Bonchev–Trinajstić information content (AvgIpc) is 3.30. The molecule has 0 fully saturated rings. The van der Waals surface area contributed by atoms with Gasteiger partial charge in [0.2, 0.25) is 11.8 Å². The predicted octanol–water partition coefficient (Wildman–Crippen LogP) is 4.96. The molecule has 6 heteroatoms. The summed E-state index contributed by atoms with van der Waals surface area (Å²) in [5.74, 6) is 1.44. The maximum Gasteiger partial charge on any atom is 0.219 e. The first-order valence-electron chi connectivity index (χ1n) is 10.3. The summed E-state index contributed by atoms with van der Waals surface area (Å²) < 4.78 is 14.1. The Bertz CT molecular complexity index is 1110. The highest BCUT2D eigenvalue weighted by molar-refractivity contribution is 5.83. The van der Waals surface area contributed by atoms with Crippen LogP contribution >= 0.6 is 0 Å². The minimum absolute atomic E-state index is 0.0275. The molecule has 1 N–H and O–H groups in total. The van der Waals surface area contributed by atoms with Crippen LogP contribution in [-0.4, -0.2) is 32.7 Å². The van der Waals surface area contributed by atoms with E-state index in [0.29, 0.717) is 12.5 Å². The van der Waals surface area contributed by atoms with E-state index in [1.54, 1.807) is 6.20 Å². The Labute approximate surface area is 177 Å². The van der Waals surface area contributed by atoms with E-state index in [-0.39, 0.29) is 6.10 Å². The molecule has 6 nitrogen and oxygen atoms in total. The van der Waals surface area contributed by atoms with E-state index < -0.39 is 0 Å². The van der Waals surface area contributed by atoms with Crippen molar-refractivity contribution in [1.29, 1.82) is 0 Å². The fraction of sp³-hybridized carbons (Fsp3) is 0.333. The molecule has 2 aromatic heterocycles. The molecule has 3 aromatic rings. The van der Waals surface area contributed by atoms with E-state index in [1.807, 2.05) is 24.7 Å². The molecule has 156 valence electrons. The normalized spacial score (nSPS) is 17.7. The zero-order valence-electron chi connectivity index (χ0n) is 18.0. The first kappa shape index (κ1) is 20.0. The highest BCUT2D eigenvalue weighted by Gasteiger charge is 2.18. The average molecular weight is 405 g/mol. The molecule has 4 rings (SSSR count). The molecule has 3 heterocycles. The zero-order valence-corrected chi connectivity index (χ0v) is 18.0. The van der Waals surface area contributed by atoms with Crippen LogP contribution in [0.4, 0.5) is 0 Å². The Morgan fingerprint density at radius 3 is 2.90 bits per heavy atom. The smallest absolute Gasteiger partial charge is 0.219 e. The van der Waals surface area contributed by atoms with Crippen LogP contribution in [0.3, 0.4) is 0 Å². The number of fused-ring (bicyclic) bond motifs is 5. The van der Waals surface area contributed by atoms with Crippen molar-refractivity contribution in [3.05, 3.63) is 59.4 Å². The largest absolute Gasteiger partial charge is 0.477 e. The van der Waals surface area contributed by atoms with Crippen molar-refractivity contribution in [2.75, 3.05) is 6.61 Å². The van der Waals surface area contributed by atoms with E-state index in [1.165, 1.54) is 0 Å². The molecule has 1 aliphatic heterocycles. The van der Waals surface area contributed by atoms with Gasteiger partial charge >= 0.3 is 0 Å². The molecule has 0 saturated carbocycles. The van der Waals surface area contributed by atoms with Crippen LogP contribution in [0.2, 0.25) is 0 Å². The summed E-state index contributed by atoms with van der Waals surface area (Å²) in [6.07, 6.45) is 7.46. The molecule has 1 aliphatic rings. The second-order valence-electron chi connectivity index (χ2n) is 7.71. The molecular weight excluding hydrogens is 376 g/mol. The van der Waals surface area contributed by atoms with Crippen LogP contribution < -0.4 is 9.47 Å². The fourth-order valence-corrected chi connectivity index (χ4v) is 3.72. The second kappa shape index (κ2) is 8.22. The molecule has 0 spiro atoms. The maximum absolute atomic E-state index is 6.27. The Morgan fingerprint density at radius 1 is 1.27 bits per heavy atom. The number of rotatable bonds is 1. The molecule has 0 radical (unpaired) electrons. The third-order valence-electron chi connectivity index (χ3n) is 5.47. The van der Waals surface area contributed by atoms with Crippen molar-refractivity contribution in [3.8, 4) is 22.9 Å². The lowest BCUT2D eigenvalue weighted by Crippen LogP contribution is -2.18. The summed E-state index contributed by atoms with van der Waals surface area (Å²) in [5.41, 5.74) is 7.18. The van der Waals surface area contributed by atoms with Gasteiger partial charge < -0.3 is 9.47 Å². The minimum atomic E-state index is -0.0275. The quantitative estimate of drug-likeness (QED) is 0.623. The number of ether oxygens (including phenoxy) is 2. The third kappa shape index (κ3) is 3.77. The summed E-state index contributed by atoms with van der Waals surface area (Å²) in [7, 11) is 1.92. The number of nitrogens with zero attached hydrogens (tertiary/aromatic N) is 3. The highest BCUT2D eigenvalue weighted by Crippen LogP contribution is 2.33. The lowest BCUT2D eigenvalue weighted by Gasteiger charge is -2.16.